The molecule has 5 heteroatoms. The minimum atomic E-state index is -0.397. The molecule has 0 saturated carbocycles. The van der Waals surface area contributed by atoms with Gasteiger partial charge in [-0.05, 0) is 31.5 Å². The molecule has 0 atom stereocenters. The van der Waals surface area contributed by atoms with E-state index in [2.05, 4.69) is 9.94 Å². The number of hydrogen-bond donors (Lipinski definition) is 0. The highest BCUT2D eigenvalue weighted by molar-refractivity contribution is 5.88. The molecule has 1 aromatic carbocycles. The van der Waals surface area contributed by atoms with Gasteiger partial charge in [-0.3, -0.25) is 0 Å². The predicted octanol–water partition coefficient (Wildman–Crippen LogP) is 2.91. The molecule has 0 amide bonds. The summed E-state index contributed by atoms with van der Waals surface area (Å²) in [6.45, 7) is 11.1. The zero-order chi connectivity index (χ0) is 13.8. The van der Waals surface area contributed by atoms with Gasteiger partial charge in [-0.2, -0.15) is 5.10 Å². The van der Waals surface area contributed by atoms with Crippen LogP contribution in [0.2, 0.25) is 0 Å². The third-order valence-corrected chi connectivity index (χ3v) is 2.67. The summed E-state index contributed by atoms with van der Waals surface area (Å²) < 4.78 is 6.46. The van der Waals surface area contributed by atoms with Gasteiger partial charge in [-0.1, -0.05) is 6.07 Å². The Bertz CT molecular complexity index is 653. The van der Waals surface area contributed by atoms with Gasteiger partial charge in [0.05, 0.1) is 30.6 Å². The smallest absolute Gasteiger partial charge is 0.341 e. The summed E-state index contributed by atoms with van der Waals surface area (Å²) in [7, 11) is 0. The van der Waals surface area contributed by atoms with Gasteiger partial charge in [0.1, 0.15) is 0 Å². The Hall–Kier alpha value is -2.61. The van der Waals surface area contributed by atoms with E-state index in [1.165, 1.54) is 6.20 Å². The first kappa shape index (κ1) is 12.8. The van der Waals surface area contributed by atoms with E-state index in [0.29, 0.717) is 17.9 Å². The van der Waals surface area contributed by atoms with Crippen molar-refractivity contribution in [3.63, 3.8) is 0 Å². The van der Waals surface area contributed by atoms with Crippen molar-refractivity contribution in [1.82, 2.24) is 9.78 Å². The summed E-state index contributed by atoms with van der Waals surface area (Å²) in [5.41, 5.74) is 2.63. The molecule has 0 aliphatic heterocycles. The number of carbonyl (C=O) groups is 1. The number of aromatic nitrogens is 2. The van der Waals surface area contributed by atoms with Crippen molar-refractivity contribution in [3.05, 3.63) is 53.1 Å². The minimum Gasteiger partial charge on any atom is -0.462 e. The van der Waals surface area contributed by atoms with Crippen molar-refractivity contribution in [2.45, 2.75) is 13.8 Å². The van der Waals surface area contributed by atoms with Gasteiger partial charge in [0.15, 0.2) is 5.69 Å². The molecule has 0 unspecified atom stereocenters. The fourth-order valence-corrected chi connectivity index (χ4v) is 1.64. The standard InChI is InChI=1S/C14H13N3O2/c1-4-19-14(18)11-8-16-17(9-11)12-6-5-10(2)13(7-12)15-3/h5-9H,4H2,1-2H3. The van der Waals surface area contributed by atoms with Crippen LogP contribution >= 0.6 is 0 Å². The molecule has 0 aliphatic carbocycles. The van der Waals surface area contributed by atoms with Crippen LogP contribution < -0.4 is 0 Å². The maximum Gasteiger partial charge on any atom is 0.341 e. The second kappa shape index (κ2) is 5.36. The Kier molecular flexibility index (Phi) is 3.62. The topological polar surface area (TPSA) is 48.5 Å². The number of ether oxygens (including phenoxy) is 1. The number of benzene rings is 1. The average Bonchev–Trinajstić information content (AvgIpc) is 2.89. The predicted molar refractivity (Wildman–Crippen MR) is 70.5 cm³/mol. The SMILES string of the molecule is [C-]#[N+]c1cc(-n2cc(C(=O)OCC)cn2)ccc1C. The molecule has 5 nitrogen and oxygen atoms in total. The first-order chi connectivity index (χ1) is 9.15. The summed E-state index contributed by atoms with van der Waals surface area (Å²) in [6.07, 6.45) is 3.05. The monoisotopic (exact) mass is 255 g/mol. The highest BCUT2D eigenvalue weighted by Gasteiger charge is 2.10. The van der Waals surface area contributed by atoms with Crippen LogP contribution in [0.15, 0.2) is 30.6 Å². The van der Waals surface area contributed by atoms with Crippen LogP contribution in [0.5, 0.6) is 0 Å². The molecule has 0 fully saturated rings. The van der Waals surface area contributed by atoms with E-state index in [4.69, 9.17) is 11.3 Å². The Balaban J connectivity index is 2.33. The van der Waals surface area contributed by atoms with E-state index >= 15 is 0 Å². The van der Waals surface area contributed by atoms with E-state index in [1.54, 1.807) is 23.9 Å². The maximum absolute atomic E-state index is 11.5. The second-order valence-corrected chi connectivity index (χ2v) is 3.98. The average molecular weight is 255 g/mol. The van der Waals surface area contributed by atoms with Gasteiger partial charge in [-0.25, -0.2) is 14.3 Å². The third kappa shape index (κ3) is 2.63. The number of aryl methyl sites for hydroxylation is 1. The van der Waals surface area contributed by atoms with Gasteiger partial charge < -0.3 is 4.74 Å². The quantitative estimate of drug-likeness (QED) is 0.626. The van der Waals surface area contributed by atoms with Crippen LogP contribution in [0.4, 0.5) is 5.69 Å². The maximum atomic E-state index is 11.5. The molecule has 96 valence electrons. The number of esters is 1. The fraction of sp³-hybridized carbons (Fsp3) is 0.214. The summed E-state index contributed by atoms with van der Waals surface area (Å²) in [5.74, 6) is -0.397. The Morgan fingerprint density at radius 1 is 1.53 bits per heavy atom. The van der Waals surface area contributed by atoms with Crippen LogP contribution in [-0.4, -0.2) is 22.4 Å². The summed E-state index contributed by atoms with van der Waals surface area (Å²) in [5, 5.41) is 4.11. The largest absolute Gasteiger partial charge is 0.462 e. The Labute approximate surface area is 111 Å². The molecule has 19 heavy (non-hydrogen) atoms. The lowest BCUT2D eigenvalue weighted by Crippen LogP contribution is -2.03. The van der Waals surface area contributed by atoms with Gasteiger partial charge in [0, 0.05) is 6.20 Å². The lowest BCUT2D eigenvalue weighted by Gasteiger charge is -2.03. The van der Waals surface area contributed by atoms with Crippen LogP contribution in [0, 0.1) is 13.5 Å². The molecule has 0 saturated heterocycles. The van der Waals surface area contributed by atoms with Crippen molar-refractivity contribution < 1.29 is 9.53 Å². The van der Waals surface area contributed by atoms with Gasteiger partial charge in [0.2, 0.25) is 0 Å². The van der Waals surface area contributed by atoms with Crippen molar-refractivity contribution in [2.24, 2.45) is 0 Å². The highest BCUT2D eigenvalue weighted by atomic mass is 16.5. The molecular formula is C14H13N3O2. The van der Waals surface area contributed by atoms with E-state index in [-0.39, 0.29) is 0 Å². The minimum absolute atomic E-state index is 0.330. The molecule has 0 spiro atoms. The number of hydrogen-bond acceptors (Lipinski definition) is 3. The molecule has 2 rings (SSSR count). The second-order valence-electron chi connectivity index (χ2n) is 3.98. The van der Waals surface area contributed by atoms with Gasteiger partial charge in [0.25, 0.3) is 0 Å². The van der Waals surface area contributed by atoms with Crippen LogP contribution in [0.1, 0.15) is 22.8 Å². The third-order valence-electron chi connectivity index (χ3n) is 2.67. The fourth-order valence-electron chi connectivity index (χ4n) is 1.64. The van der Waals surface area contributed by atoms with E-state index in [9.17, 15) is 4.79 Å². The normalized spacial score (nSPS) is 9.95. The number of nitrogens with zero attached hydrogens (tertiary/aromatic N) is 3. The first-order valence-corrected chi connectivity index (χ1v) is 5.86. The van der Waals surface area contributed by atoms with Crippen molar-refractivity contribution >= 4 is 11.7 Å². The van der Waals surface area contributed by atoms with Crippen molar-refractivity contribution in [2.75, 3.05) is 6.61 Å². The molecule has 1 heterocycles. The Morgan fingerprint density at radius 3 is 3.00 bits per heavy atom. The molecule has 0 radical (unpaired) electrons. The van der Waals surface area contributed by atoms with Gasteiger partial charge in [-0.15, -0.1) is 0 Å². The molecular weight excluding hydrogens is 242 g/mol. The van der Waals surface area contributed by atoms with Crippen molar-refractivity contribution in [3.8, 4) is 5.69 Å². The molecule has 1 aromatic heterocycles. The lowest BCUT2D eigenvalue weighted by molar-refractivity contribution is 0.0526. The molecule has 2 aromatic rings. The lowest BCUT2D eigenvalue weighted by atomic mass is 10.2. The highest BCUT2D eigenvalue weighted by Crippen LogP contribution is 2.22. The molecule has 0 aliphatic rings. The number of rotatable bonds is 3. The summed E-state index contributed by atoms with van der Waals surface area (Å²) in [6, 6.07) is 5.45. The van der Waals surface area contributed by atoms with Crippen LogP contribution in [-0.2, 0) is 4.74 Å². The van der Waals surface area contributed by atoms with Crippen LogP contribution in [0.3, 0.4) is 0 Å². The molecule has 0 N–H and O–H groups in total. The zero-order valence-electron chi connectivity index (χ0n) is 10.8. The van der Waals surface area contributed by atoms with Crippen molar-refractivity contribution in [1.29, 1.82) is 0 Å². The number of carbonyl (C=O) groups excluding carboxylic acids is 1. The van der Waals surface area contributed by atoms with Crippen LogP contribution in [0.25, 0.3) is 10.5 Å². The molecule has 0 bridgehead atoms. The zero-order valence-corrected chi connectivity index (χ0v) is 10.8. The first-order valence-electron chi connectivity index (χ1n) is 5.86. The Morgan fingerprint density at radius 2 is 2.32 bits per heavy atom. The van der Waals surface area contributed by atoms with E-state index in [0.717, 1.165) is 11.3 Å². The summed E-state index contributed by atoms with van der Waals surface area (Å²) in [4.78, 5) is 15.0. The van der Waals surface area contributed by atoms with E-state index in [1.807, 2.05) is 19.1 Å². The van der Waals surface area contributed by atoms with Gasteiger partial charge >= 0.3 is 5.97 Å². The van der Waals surface area contributed by atoms with E-state index < -0.39 is 5.97 Å². The summed E-state index contributed by atoms with van der Waals surface area (Å²) >= 11 is 0.